The number of hydrogen-bond acceptors (Lipinski definition) is 3. The molecule has 1 amide bonds. The van der Waals surface area contributed by atoms with Crippen LogP contribution in [0.5, 0.6) is 0 Å². The van der Waals surface area contributed by atoms with Crippen molar-refractivity contribution >= 4 is 5.91 Å². The van der Waals surface area contributed by atoms with Gasteiger partial charge in [0.05, 0.1) is 6.61 Å². The zero-order chi connectivity index (χ0) is 10.6. The van der Waals surface area contributed by atoms with Crippen LogP contribution in [-0.4, -0.2) is 60.1 Å². The molecule has 0 spiro atoms. The number of carbonyl (C=O) groups is 1. The van der Waals surface area contributed by atoms with E-state index >= 15 is 0 Å². The molecule has 0 saturated carbocycles. The maximum absolute atomic E-state index is 11.3. The van der Waals surface area contributed by atoms with Gasteiger partial charge in [-0.25, -0.2) is 0 Å². The number of carbonyl (C=O) groups excluding carboxylic acids is 1. The fraction of sp³-hybridized carbons (Fsp3) is 0.900. The predicted molar refractivity (Wildman–Crippen MR) is 55.0 cm³/mol. The third kappa shape index (κ3) is 2.96. The van der Waals surface area contributed by atoms with Crippen molar-refractivity contribution in [3.8, 4) is 0 Å². The number of hydrogen-bond donors (Lipinski definition) is 1. The first kappa shape index (κ1) is 11.5. The van der Waals surface area contributed by atoms with Gasteiger partial charge in [-0.2, -0.15) is 0 Å². The van der Waals surface area contributed by atoms with Crippen LogP contribution < -0.4 is 0 Å². The second-order valence-corrected chi connectivity index (χ2v) is 3.97. The molecule has 1 heterocycles. The molecule has 82 valence electrons. The molecule has 0 aliphatic carbocycles. The Morgan fingerprint density at radius 1 is 1.50 bits per heavy atom. The van der Waals surface area contributed by atoms with Crippen molar-refractivity contribution in [3.05, 3.63) is 0 Å². The SMILES string of the molecule is CC(=O)N(CCO)C1CCN(C)CC1. The van der Waals surface area contributed by atoms with E-state index in [0.717, 1.165) is 25.9 Å². The van der Waals surface area contributed by atoms with Crippen LogP contribution in [0.1, 0.15) is 19.8 Å². The molecule has 1 N–H and O–H groups in total. The molecule has 0 aromatic heterocycles. The van der Waals surface area contributed by atoms with Crippen molar-refractivity contribution in [3.63, 3.8) is 0 Å². The van der Waals surface area contributed by atoms with E-state index in [1.807, 2.05) is 0 Å². The van der Waals surface area contributed by atoms with Crippen LogP contribution in [-0.2, 0) is 4.79 Å². The van der Waals surface area contributed by atoms with E-state index in [4.69, 9.17) is 5.11 Å². The average Bonchev–Trinajstić information content (AvgIpc) is 2.15. The molecule has 1 saturated heterocycles. The minimum Gasteiger partial charge on any atom is -0.395 e. The van der Waals surface area contributed by atoms with Crippen molar-refractivity contribution in [2.45, 2.75) is 25.8 Å². The summed E-state index contributed by atoms with van der Waals surface area (Å²) in [6.07, 6.45) is 2.05. The molecule has 0 radical (unpaired) electrons. The van der Waals surface area contributed by atoms with Crippen LogP contribution in [0.25, 0.3) is 0 Å². The summed E-state index contributed by atoms with van der Waals surface area (Å²) in [4.78, 5) is 15.4. The maximum Gasteiger partial charge on any atom is 0.219 e. The first-order chi connectivity index (χ1) is 6.65. The highest BCUT2D eigenvalue weighted by Crippen LogP contribution is 2.15. The second kappa shape index (κ2) is 5.32. The Balaban J connectivity index is 2.47. The van der Waals surface area contributed by atoms with Crippen LogP contribution in [0.2, 0.25) is 0 Å². The lowest BCUT2D eigenvalue weighted by Gasteiger charge is -2.36. The Kier molecular flexibility index (Phi) is 4.35. The number of amides is 1. The van der Waals surface area contributed by atoms with Gasteiger partial charge in [-0.1, -0.05) is 0 Å². The van der Waals surface area contributed by atoms with E-state index in [0.29, 0.717) is 12.6 Å². The second-order valence-electron chi connectivity index (χ2n) is 3.97. The number of rotatable bonds is 3. The van der Waals surface area contributed by atoms with Gasteiger partial charge in [0.15, 0.2) is 0 Å². The van der Waals surface area contributed by atoms with Crippen LogP contribution in [0.15, 0.2) is 0 Å². The maximum atomic E-state index is 11.3. The summed E-state index contributed by atoms with van der Waals surface area (Å²) in [6, 6.07) is 0.329. The fourth-order valence-corrected chi connectivity index (χ4v) is 2.01. The monoisotopic (exact) mass is 200 g/mol. The van der Waals surface area contributed by atoms with E-state index in [-0.39, 0.29) is 12.5 Å². The van der Waals surface area contributed by atoms with E-state index in [1.54, 1.807) is 11.8 Å². The van der Waals surface area contributed by atoms with E-state index in [2.05, 4.69) is 11.9 Å². The molecule has 1 aliphatic rings. The standard InChI is InChI=1S/C10H20N2O2/c1-9(14)12(7-8-13)10-3-5-11(2)6-4-10/h10,13H,3-8H2,1-2H3. The molecule has 1 aliphatic heterocycles. The zero-order valence-corrected chi connectivity index (χ0v) is 9.07. The topological polar surface area (TPSA) is 43.8 Å². The van der Waals surface area contributed by atoms with Crippen LogP contribution in [0.3, 0.4) is 0 Å². The Morgan fingerprint density at radius 3 is 2.50 bits per heavy atom. The summed E-state index contributed by atoms with van der Waals surface area (Å²) in [6.45, 7) is 4.20. The molecular weight excluding hydrogens is 180 g/mol. The van der Waals surface area contributed by atoms with E-state index < -0.39 is 0 Å². The summed E-state index contributed by atoms with van der Waals surface area (Å²) in [5, 5.41) is 8.86. The van der Waals surface area contributed by atoms with Gasteiger partial charge in [0.1, 0.15) is 0 Å². The van der Waals surface area contributed by atoms with Crippen LogP contribution in [0.4, 0.5) is 0 Å². The van der Waals surface area contributed by atoms with E-state index in [9.17, 15) is 4.79 Å². The molecule has 0 unspecified atom stereocenters. The molecule has 0 atom stereocenters. The molecule has 4 nitrogen and oxygen atoms in total. The largest absolute Gasteiger partial charge is 0.395 e. The van der Waals surface area contributed by atoms with Gasteiger partial charge < -0.3 is 14.9 Å². The van der Waals surface area contributed by atoms with Gasteiger partial charge in [0, 0.05) is 19.5 Å². The predicted octanol–water partition coefficient (Wildman–Crippen LogP) is -0.0786. The van der Waals surface area contributed by atoms with Gasteiger partial charge in [-0.3, -0.25) is 4.79 Å². The number of nitrogens with zero attached hydrogens (tertiary/aromatic N) is 2. The molecule has 0 bridgehead atoms. The lowest BCUT2D eigenvalue weighted by molar-refractivity contribution is -0.132. The van der Waals surface area contributed by atoms with Crippen molar-refractivity contribution in [2.24, 2.45) is 0 Å². The minimum atomic E-state index is 0.0614. The van der Waals surface area contributed by atoms with Gasteiger partial charge in [-0.05, 0) is 33.0 Å². The lowest BCUT2D eigenvalue weighted by Crippen LogP contribution is -2.46. The molecular formula is C10H20N2O2. The normalized spacial score (nSPS) is 19.6. The molecule has 1 rings (SSSR count). The summed E-state index contributed by atoms with van der Waals surface area (Å²) < 4.78 is 0. The Labute approximate surface area is 85.5 Å². The number of likely N-dealkylation sites (tertiary alicyclic amines) is 1. The van der Waals surface area contributed by atoms with Gasteiger partial charge in [0.25, 0.3) is 0 Å². The summed E-state index contributed by atoms with van der Waals surface area (Å²) in [5.41, 5.74) is 0. The number of aliphatic hydroxyl groups excluding tert-OH is 1. The lowest BCUT2D eigenvalue weighted by atomic mass is 10.0. The number of piperidine rings is 1. The van der Waals surface area contributed by atoms with Crippen molar-refractivity contribution in [2.75, 3.05) is 33.3 Å². The van der Waals surface area contributed by atoms with Crippen molar-refractivity contribution in [1.29, 1.82) is 0 Å². The molecule has 4 heteroatoms. The molecule has 1 fully saturated rings. The highest BCUT2D eigenvalue weighted by atomic mass is 16.3. The first-order valence-electron chi connectivity index (χ1n) is 5.21. The van der Waals surface area contributed by atoms with E-state index in [1.165, 1.54) is 0 Å². The molecule has 0 aromatic rings. The fourth-order valence-electron chi connectivity index (χ4n) is 2.01. The smallest absolute Gasteiger partial charge is 0.219 e. The van der Waals surface area contributed by atoms with Crippen LogP contribution >= 0.6 is 0 Å². The minimum absolute atomic E-state index is 0.0614. The third-order valence-corrected chi connectivity index (χ3v) is 2.87. The number of aliphatic hydroxyl groups is 1. The average molecular weight is 200 g/mol. The van der Waals surface area contributed by atoms with Crippen molar-refractivity contribution < 1.29 is 9.90 Å². The van der Waals surface area contributed by atoms with Crippen molar-refractivity contribution in [1.82, 2.24) is 9.80 Å². The third-order valence-electron chi connectivity index (χ3n) is 2.87. The van der Waals surface area contributed by atoms with Gasteiger partial charge in [0.2, 0.25) is 5.91 Å². The highest BCUT2D eigenvalue weighted by molar-refractivity contribution is 5.73. The summed E-state index contributed by atoms with van der Waals surface area (Å²) >= 11 is 0. The quantitative estimate of drug-likeness (QED) is 0.693. The Morgan fingerprint density at radius 2 is 2.07 bits per heavy atom. The summed E-state index contributed by atoms with van der Waals surface area (Å²) in [5.74, 6) is 0.0774. The Hall–Kier alpha value is -0.610. The highest BCUT2D eigenvalue weighted by Gasteiger charge is 2.24. The Bertz CT molecular complexity index is 189. The van der Waals surface area contributed by atoms with Gasteiger partial charge in [-0.15, -0.1) is 0 Å². The molecule has 0 aromatic carbocycles. The van der Waals surface area contributed by atoms with Gasteiger partial charge >= 0.3 is 0 Å². The molecule has 14 heavy (non-hydrogen) atoms. The zero-order valence-electron chi connectivity index (χ0n) is 9.07. The summed E-state index contributed by atoms with van der Waals surface area (Å²) in [7, 11) is 2.10. The van der Waals surface area contributed by atoms with Crippen LogP contribution in [0, 0.1) is 0 Å². The first-order valence-corrected chi connectivity index (χ1v) is 5.21.